The molecule has 152 valence electrons. The van der Waals surface area contributed by atoms with Gasteiger partial charge in [-0.15, -0.1) is 0 Å². The van der Waals surface area contributed by atoms with Gasteiger partial charge in [-0.3, -0.25) is 4.55 Å². The molecule has 0 fully saturated rings. The summed E-state index contributed by atoms with van der Waals surface area (Å²) in [6.07, 6.45) is 0. The van der Waals surface area contributed by atoms with Crippen molar-refractivity contribution in [3.8, 4) is 11.5 Å². The molecular formula is C19H12Cl4O5S. The lowest BCUT2D eigenvalue weighted by Crippen LogP contribution is -2.39. The van der Waals surface area contributed by atoms with Crippen LogP contribution in [0.5, 0.6) is 11.5 Å². The molecule has 1 atom stereocenters. The second kappa shape index (κ2) is 7.87. The van der Waals surface area contributed by atoms with Crippen molar-refractivity contribution in [1.82, 2.24) is 0 Å². The second-order valence-corrected chi connectivity index (χ2v) is 9.40. The molecule has 0 saturated heterocycles. The summed E-state index contributed by atoms with van der Waals surface area (Å²) >= 11 is 24.7. The van der Waals surface area contributed by atoms with Crippen molar-refractivity contribution in [3.05, 3.63) is 91.4 Å². The third-order valence-electron chi connectivity index (χ3n) is 4.31. The fourth-order valence-corrected chi connectivity index (χ4v) is 6.00. The third kappa shape index (κ3) is 3.89. The number of phenols is 2. The van der Waals surface area contributed by atoms with Crippen molar-refractivity contribution in [2.45, 2.75) is 4.75 Å². The normalized spacial score (nSPS) is 13.8. The molecule has 0 aliphatic carbocycles. The molecule has 3 aromatic rings. The van der Waals surface area contributed by atoms with Gasteiger partial charge < -0.3 is 10.2 Å². The SMILES string of the molecule is O=S(=O)(O)C(c1ccc(O)cc1)(c1cc(O)cc(Cl)c1)c1c(Cl)cc(Cl)cc1Cl. The first-order valence-electron chi connectivity index (χ1n) is 7.88. The molecular weight excluding hydrogens is 482 g/mol. The average molecular weight is 494 g/mol. The van der Waals surface area contributed by atoms with E-state index in [4.69, 9.17) is 46.4 Å². The minimum atomic E-state index is -5.05. The van der Waals surface area contributed by atoms with Crippen molar-refractivity contribution < 1.29 is 23.2 Å². The average Bonchev–Trinajstić information content (AvgIpc) is 2.57. The molecule has 1 unspecified atom stereocenters. The van der Waals surface area contributed by atoms with Gasteiger partial charge in [0.05, 0.1) is 0 Å². The monoisotopic (exact) mass is 492 g/mol. The van der Waals surface area contributed by atoms with Gasteiger partial charge in [0.25, 0.3) is 10.1 Å². The predicted molar refractivity (Wildman–Crippen MR) is 114 cm³/mol. The zero-order chi connectivity index (χ0) is 21.6. The van der Waals surface area contributed by atoms with E-state index in [1.54, 1.807) is 0 Å². The number of aromatic hydroxyl groups is 2. The molecule has 3 aromatic carbocycles. The van der Waals surface area contributed by atoms with Crippen molar-refractivity contribution in [2.75, 3.05) is 0 Å². The molecule has 0 heterocycles. The van der Waals surface area contributed by atoms with E-state index in [2.05, 4.69) is 0 Å². The lowest BCUT2D eigenvalue weighted by Gasteiger charge is -2.34. The Morgan fingerprint density at radius 1 is 0.690 bits per heavy atom. The summed E-state index contributed by atoms with van der Waals surface area (Å²) in [5.41, 5.74) is -0.326. The van der Waals surface area contributed by atoms with Gasteiger partial charge in [-0.05, 0) is 53.6 Å². The molecule has 5 nitrogen and oxygen atoms in total. The van der Waals surface area contributed by atoms with Crippen molar-refractivity contribution in [1.29, 1.82) is 0 Å². The molecule has 0 aliphatic heterocycles. The first-order valence-corrected chi connectivity index (χ1v) is 10.8. The molecule has 0 radical (unpaired) electrons. The Balaban J connectivity index is 2.61. The minimum Gasteiger partial charge on any atom is -0.508 e. The van der Waals surface area contributed by atoms with Crippen molar-refractivity contribution >= 4 is 56.5 Å². The van der Waals surface area contributed by atoms with Crippen LogP contribution in [0, 0.1) is 0 Å². The lowest BCUT2D eigenvalue weighted by atomic mass is 9.83. The summed E-state index contributed by atoms with van der Waals surface area (Å²) in [7, 11) is -5.05. The summed E-state index contributed by atoms with van der Waals surface area (Å²) in [5.74, 6) is -0.485. The van der Waals surface area contributed by atoms with Crippen LogP contribution in [0.25, 0.3) is 0 Å². The van der Waals surface area contributed by atoms with Gasteiger partial charge in [-0.25, -0.2) is 0 Å². The summed E-state index contributed by atoms with van der Waals surface area (Å²) in [4.78, 5) is 0. The molecule has 3 rings (SSSR count). The molecule has 29 heavy (non-hydrogen) atoms. The number of rotatable bonds is 4. The Bertz CT molecular complexity index is 1150. The van der Waals surface area contributed by atoms with Crippen LogP contribution in [0.1, 0.15) is 16.7 Å². The summed E-state index contributed by atoms with van der Waals surface area (Å²) < 4.78 is 34.0. The Morgan fingerprint density at radius 3 is 1.69 bits per heavy atom. The quantitative estimate of drug-likeness (QED) is 0.311. The highest BCUT2D eigenvalue weighted by Crippen LogP contribution is 2.50. The minimum absolute atomic E-state index is 0.00742. The Hall–Kier alpha value is -1.67. The van der Waals surface area contributed by atoms with E-state index in [1.807, 2.05) is 0 Å². The Kier molecular flexibility index (Phi) is 5.98. The second-order valence-electron chi connectivity index (χ2n) is 6.15. The fraction of sp³-hybridized carbons (Fsp3) is 0.0526. The number of phenolic OH excluding ortho intramolecular Hbond substituents is 2. The van der Waals surface area contributed by atoms with Gasteiger partial charge in [-0.2, -0.15) is 8.42 Å². The van der Waals surface area contributed by atoms with Crippen LogP contribution in [0.4, 0.5) is 0 Å². The third-order valence-corrected chi connectivity index (χ3v) is 6.79. The van der Waals surface area contributed by atoms with E-state index in [1.165, 1.54) is 48.5 Å². The Morgan fingerprint density at radius 2 is 1.21 bits per heavy atom. The molecule has 0 amide bonds. The summed E-state index contributed by atoms with van der Waals surface area (Å²) in [6, 6.07) is 11.1. The zero-order valence-corrected chi connectivity index (χ0v) is 18.1. The smallest absolute Gasteiger partial charge is 0.283 e. The van der Waals surface area contributed by atoms with Crippen LogP contribution in [-0.2, 0) is 14.9 Å². The summed E-state index contributed by atoms with van der Waals surface area (Å²) in [6.45, 7) is 0. The first-order chi connectivity index (χ1) is 13.5. The lowest BCUT2D eigenvalue weighted by molar-refractivity contribution is 0.455. The highest BCUT2D eigenvalue weighted by Gasteiger charge is 2.51. The zero-order valence-electron chi connectivity index (χ0n) is 14.3. The van der Waals surface area contributed by atoms with Crippen LogP contribution in [0.15, 0.2) is 54.6 Å². The number of halogens is 4. The maximum absolute atomic E-state index is 13.0. The van der Waals surface area contributed by atoms with E-state index >= 15 is 0 Å². The van der Waals surface area contributed by atoms with Gasteiger partial charge in [-0.1, -0.05) is 58.5 Å². The standard InChI is InChI=1S/C19H12Cl4O5S/c20-12-5-11(6-15(25)7-12)19(29(26,27)28,10-1-3-14(24)4-2-10)18-16(22)8-13(21)9-17(18)23/h1-9,24-25H,(H,26,27,28). The van der Waals surface area contributed by atoms with Gasteiger partial charge in [0, 0.05) is 25.7 Å². The van der Waals surface area contributed by atoms with Gasteiger partial charge in [0.15, 0.2) is 4.75 Å². The molecule has 3 N–H and O–H groups in total. The van der Waals surface area contributed by atoms with Crippen LogP contribution in [0.3, 0.4) is 0 Å². The number of hydrogen-bond acceptors (Lipinski definition) is 4. The first kappa shape index (κ1) is 22.0. The van der Waals surface area contributed by atoms with E-state index in [0.29, 0.717) is 0 Å². The predicted octanol–water partition coefficient (Wildman–Crippen LogP) is 5.89. The highest BCUT2D eigenvalue weighted by molar-refractivity contribution is 7.87. The molecule has 0 aromatic heterocycles. The number of benzene rings is 3. The maximum atomic E-state index is 13.0. The van der Waals surface area contributed by atoms with E-state index < -0.39 is 14.9 Å². The van der Waals surface area contributed by atoms with E-state index in [0.717, 1.165) is 6.07 Å². The van der Waals surface area contributed by atoms with E-state index in [9.17, 15) is 23.2 Å². The highest BCUT2D eigenvalue weighted by atomic mass is 35.5. The largest absolute Gasteiger partial charge is 0.508 e. The molecule has 0 spiro atoms. The topological polar surface area (TPSA) is 94.8 Å². The molecule has 0 saturated carbocycles. The van der Waals surface area contributed by atoms with E-state index in [-0.39, 0.29) is 48.3 Å². The van der Waals surface area contributed by atoms with Crippen molar-refractivity contribution in [3.63, 3.8) is 0 Å². The van der Waals surface area contributed by atoms with Crippen LogP contribution < -0.4 is 0 Å². The Labute approximate surface area is 186 Å². The van der Waals surface area contributed by atoms with Crippen LogP contribution in [-0.4, -0.2) is 23.2 Å². The maximum Gasteiger partial charge on any atom is 0.283 e. The molecule has 0 aliphatic rings. The van der Waals surface area contributed by atoms with Gasteiger partial charge >= 0.3 is 0 Å². The van der Waals surface area contributed by atoms with Crippen molar-refractivity contribution in [2.24, 2.45) is 0 Å². The molecule has 10 heteroatoms. The van der Waals surface area contributed by atoms with Crippen LogP contribution in [0.2, 0.25) is 20.1 Å². The molecule has 0 bridgehead atoms. The van der Waals surface area contributed by atoms with Gasteiger partial charge in [0.2, 0.25) is 0 Å². The van der Waals surface area contributed by atoms with Gasteiger partial charge in [0.1, 0.15) is 11.5 Å². The fourth-order valence-electron chi connectivity index (χ4n) is 3.23. The number of hydrogen-bond donors (Lipinski definition) is 3. The summed E-state index contributed by atoms with van der Waals surface area (Å²) in [5, 5.41) is 19.6. The van der Waals surface area contributed by atoms with Crippen LogP contribution >= 0.6 is 46.4 Å².